The molecule has 5 aromatic heterocycles. The molecule has 0 aliphatic carbocycles. The number of nitrogens with one attached hydrogen (secondary N) is 3. The van der Waals surface area contributed by atoms with Crippen molar-refractivity contribution < 1.29 is 0 Å². The van der Waals surface area contributed by atoms with Gasteiger partial charge in [0, 0.05) is 36.3 Å². The number of H-pyrrole nitrogens is 2. The van der Waals surface area contributed by atoms with E-state index in [1.807, 2.05) is 36.7 Å². The second kappa shape index (κ2) is 6.85. The third-order valence-corrected chi connectivity index (χ3v) is 5.39. The molecular weight excluding hydrogens is 376 g/mol. The zero-order valence-electron chi connectivity index (χ0n) is 16.1. The molecule has 0 spiro atoms. The largest absolute Gasteiger partial charge is 0.335 e. The van der Waals surface area contributed by atoms with Crippen LogP contribution in [0, 0.1) is 0 Å². The number of imidazole rings is 1. The number of rotatable bonds is 3. The van der Waals surface area contributed by atoms with Gasteiger partial charge in [-0.3, -0.25) is 15.1 Å². The Labute approximate surface area is 171 Å². The maximum absolute atomic E-state index is 4.91. The van der Waals surface area contributed by atoms with Crippen molar-refractivity contribution in [3.8, 4) is 22.6 Å². The van der Waals surface area contributed by atoms with Crippen LogP contribution in [-0.2, 0) is 0 Å². The number of aromatic nitrogens is 7. The predicted octanol–water partition coefficient (Wildman–Crippen LogP) is 3.33. The molecule has 1 aliphatic heterocycles. The summed E-state index contributed by atoms with van der Waals surface area (Å²) < 4.78 is 0. The number of aromatic amines is 2. The summed E-state index contributed by atoms with van der Waals surface area (Å²) in [5.41, 5.74) is 8.22. The van der Waals surface area contributed by atoms with Gasteiger partial charge in [0.05, 0.1) is 22.9 Å². The summed E-state index contributed by atoms with van der Waals surface area (Å²) in [6.07, 6.45) is 10.3. The quantitative estimate of drug-likeness (QED) is 0.433. The highest BCUT2D eigenvalue weighted by atomic mass is 15.2. The van der Waals surface area contributed by atoms with Crippen molar-refractivity contribution in [2.45, 2.75) is 6.42 Å². The highest BCUT2D eigenvalue weighted by Crippen LogP contribution is 2.30. The second-order valence-electron chi connectivity index (χ2n) is 7.26. The summed E-state index contributed by atoms with van der Waals surface area (Å²) in [4.78, 5) is 21.7. The van der Waals surface area contributed by atoms with E-state index in [1.54, 1.807) is 12.4 Å². The molecule has 0 saturated heterocycles. The molecular formula is C22H18N8. The maximum atomic E-state index is 4.91. The van der Waals surface area contributed by atoms with E-state index in [9.17, 15) is 0 Å². The predicted molar refractivity (Wildman–Crippen MR) is 115 cm³/mol. The molecule has 8 heteroatoms. The van der Waals surface area contributed by atoms with Crippen LogP contribution in [0.15, 0.2) is 55.1 Å². The van der Waals surface area contributed by atoms with Gasteiger partial charge in [0.1, 0.15) is 11.0 Å². The van der Waals surface area contributed by atoms with E-state index in [1.165, 1.54) is 5.57 Å². The second-order valence-corrected chi connectivity index (χ2v) is 7.26. The lowest BCUT2D eigenvalue weighted by Gasteiger charge is -2.13. The van der Waals surface area contributed by atoms with E-state index in [0.29, 0.717) is 11.5 Å². The lowest BCUT2D eigenvalue weighted by molar-refractivity contribution is 0.737. The van der Waals surface area contributed by atoms with Crippen LogP contribution in [0.4, 0.5) is 0 Å². The highest BCUT2D eigenvalue weighted by molar-refractivity contribution is 5.95. The zero-order chi connectivity index (χ0) is 19.9. The summed E-state index contributed by atoms with van der Waals surface area (Å²) in [6.45, 7) is 1.85. The topological polar surface area (TPSA) is 108 Å². The Morgan fingerprint density at radius 2 is 1.90 bits per heavy atom. The fraction of sp³-hybridized carbons (Fsp3) is 0.136. The molecule has 5 aromatic rings. The van der Waals surface area contributed by atoms with Gasteiger partial charge in [0.2, 0.25) is 0 Å². The molecule has 0 saturated carbocycles. The average Bonchev–Trinajstić information content (AvgIpc) is 3.43. The standard InChI is InChI=1S/C22H18N8/c1-2-14(10-24-7-1)15-11-25-12-18-19(15)28-22(27-18)21-20-17(29-30-21)4-3-16(26-20)13-5-8-23-9-6-13/h1-5,7,10-12,23H,6,8-9H2,(H,27,28)(H,29,30). The average molecular weight is 394 g/mol. The Hall–Kier alpha value is -3.91. The van der Waals surface area contributed by atoms with Gasteiger partial charge in [-0.2, -0.15) is 5.10 Å². The van der Waals surface area contributed by atoms with Crippen molar-refractivity contribution in [1.29, 1.82) is 0 Å². The molecule has 0 fully saturated rings. The lowest BCUT2D eigenvalue weighted by Crippen LogP contribution is -2.20. The number of hydrogen-bond acceptors (Lipinski definition) is 6. The Morgan fingerprint density at radius 3 is 2.77 bits per heavy atom. The van der Waals surface area contributed by atoms with Crippen molar-refractivity contribution in [1.82, 2.24) is 40.4 Å². The monoisotopic (exact) mass is 394 g/mol. The first-order valence-corrected chi connectivity index (χ1v) is 9.86. The Balaban J connectivity index is 1.50. The van der Waals surface area contributed by atoms with E-state index in [4.69, 9.17) is 9.97 Å². The molecule has 30 heavy (non-hydrogen) atoms. The summed E-state index contributed by atoms with van der Waals surface area (Å²) in [6, 6.07) is 7.99. The number of pyridine rings is 3. The SMILES string of the molecule is C1=C(c2ccc3[nH]nc(-c4nc5c(-c6cccnc6)cncc5[nH]4)c3n2)CCNC1. The van der Waals surface area contributed by atoms with Gasteiger partial charge in [-0.15, -0.1) is 0 Å². The van der Waals surface area contributed by atoms with Crippen LogP contribution in [0.3, 0.4) is 0 Å². The van der Waals surface area contributed by atoms with Gasteiger partial charge in [-0.05, 0) is 36.7 Å². The summed E-state index contributed by atoms with van der Waals surface area (Å²) >= 11 is 0. The molecule has 1 aliphatic rings. The van der Waals surface area contributed by atoms with E-state index >= 15 is 0 Å². The number of fused-ring (bicyclic) bond motifs is 2. The van der Waals surface area contributed by atoms with Gasteiger partial charge in [-0.25, -0.2) is 9.97 Å². The molecule has 0 aromatic carbocycles. The Kier molecular flexibility index (Phi) is 3.88. The van der Waals surface area contributed by atoms with E-state index in [-0.39, 0.29) is 0 Å². The molecule has 6 heterocycles. The maximum Gasteiger partial charge on any atom is 0.161 e. The normalized spacial score (nSPS) is 14.3. The lowest BCUT2D eigenvalue weighted by atomic mass is 10.1. The van der Waals surface area contributed by atoms with Crippen LogP contribution in [0.2, 0.25) is 0 Å². The van der Waals surface area contributed by atoms with Crippen LogP contribution in [0.25, 0.3) is 50.3 Å². The van der Waals surface area contributed by atoms with Crippen LogP contribution >= 0.6 is 0 Å². The molecule has 0 bridgehead atoms. The molecule has 3 N–H and O–H groups in total. The first-order chi connectivity index (χ1) is 14.9. The molecule has 146 valence electrons. The minimum Gasteiger partial charge on any atom is -0.335 e. The van der Waals surface area contributed by atoms with Crippen LogP contribution in [0.1, 0.15) is 12.1 Å². The smallest absolute Gasteiger partial charge is 0.161 e. The van der Waals surface area contributed by atoms with Gasteiger partial charge in [0.25, 0.3) is 0 Å². The Morgan fingerprint density at radius 1 is 0.900 bits per heavy atom. The van der Waals surface area contributed by atoms with E-state index in [2.05, 4.69) is 36.5 Å². The molecule has 0 unspecified atom stereocenters. The molecule has 0 radical (unpaired) electrons. The van der Waals surface area contributed by atoms with Crippen molar-refractivity contribution in [3.05, 3.63) is 60.8 Å². The van der Waals surface area contributed by atoms with E-state index < -0.39 is 0 Å². The molecule has 0 atom stereocenters. The van der Waals surface area contributed by atoms with Gasteiger partial charge in [-0.1, -0.05) is 12.1 Å². The van der Waals surface area contributed by atoms with Crippen LogP contribution in [-0.4, -0.2) is 48.2 Å². The van der Waals surface area contributed by atoms with Crippen molar-refractivity contribution in [2.75, 3.05) is 13.1 Å². The van der Waals surface area contributed by atoms with Gasteiger partial charge < -0.3 is 10.3 Å². The third kappa shape index (κ3) is 2.77. The Bertz CT molecular complexity index is 1400. The fourth-order valence-corrected chi connectivity index (χ4v) is 3.88. The fourth-order valence-electron chi connectivity index (χ4n) is 3.88. The number of nitrogens with zero attached hydrogens (tertiary/aromatic N) is 5. The van der Waals surface area contributed by atoms with E-state index in [0.717, 1.165) is 58.4 Å². The highest BCUT2D eigenvalue weighted by Gasteiger charge is 2.17. The summed E-state index contributed by atoms with van der Waals surface area (Å²) in [5, 5.41) is 10.9. The summed E-state index contributed by atoms with van der Waals surface area (Å²) in [7, 11) is 0. The van der Waals surface area contributed by atoms with Gasteiger partial charge in [0.15, 0.2) is 11.5 Å². The number of hydrogen-bond donors (Lipinski definition) is 3. The van der Waals surface area contributed by atoms with Gasteiger partial charge >= 0.3 is 0 Å². The third-order valence-electron chi connectivity index (χ3n) is 5.39. The molecule has 8 nitrogen and oxygen atoms in total. The van der Waals surface area contributed by atoms with Crippen molar-refractivity contribution >= 4 is 27.6 Å². The zero-order valence-corrected chi connectivity index (χ0v) is 16.1. The minimum absolute atomic E-state index is 0.665. The first kappa shape index (κ1) is 17.0. The minimum atomic E-state index is 0.665. The van der Waals surface area contributed by atoms with Crippen LogP contribution < -0.4 is 5.32 Å². The summed E-state index contributed by atoms with van der Waals surface area (Å²) in [5.74, 6) is 0.665. The molecule has 0 amide bonds. The van der Waals surface area contributed by atoms with Crippen molar-refractivity contribution in [3.63, 3.8) is 0 Å². The van der Waals surface area contributed by atoms with Crippen molar-refractivity contribution in [2.24, 2.45) is 0 Å². The van der Waals surface area contributed by atoms with Crippen LogP contribution in [0.5, 0.6) is 0 Å². The first-order valence-electron chi connectivity index (χ1n) is 9.86. The molecule has 6 rings (SSSR count).